The third-order valence-corrected chi connectivity index (χ3v) is 3.18. The predicted molar refractivity (Wildman–Crippen MR) is 86.2 cm³/mol. The summed E-state index contributed by atoms with van der Waals surface area (Å²) in [5.41, 5.74) is 2.10. The van der Waals surface area contributed by atoms with Gasteiger partial charge in [0.2, 0.25) is 0 Å². The van der Waals surface area contributed by atoms with Crippen LogP contribution >= 0.6 is 0 Å². The Bertz CT molecular complexity index is 689. The molecule has 124 valence electrons. The van der Waals surface area contributed by atoms with Crippen molar-refractivity contribution in [2.75, 3.05) is 6.54 Å². The second-order valence-electron chi connectivity index (χ2n) is 6.36. The highest BCUT2D eigenvalue weighted by atomic mass is 19.1. The van der Waals surface area contributed by atoms with Gasteiger partial charge in [0, 0.05) is 30.5 Å². The average Bonchev–Trinajstić information content (AvgIpc) is 2.85. The molecule has 2 aromatic rings. The van der Waals surface area contributed by atoms with E-state index >= 15 is 0 Å². The van der Waals surface area contributed by atoms with Crippen LogP contribution in [0.25, 0.3) is 5.69 Å². The Morgan fingerprint density at radius 3 is 2.78 bits per heavy atom. The summed E-state index contributed by atoms with van der Waals surface area (Å²) >= 11 is 0. The molecule has 0 unspecified atom stereocenters. The summed E-state index contributed by atoms with van der Waals surface area (Å²) in [7, 11) is 0. The summed E-state index contributed by atoms with van der Waals surface area (Å²) in [6, 6.07) is 4.63. The molecular weight excluding hydrogens is 297 g/mol. The fraction of sp³-hybridized carbons (Fsp3) is 0.412. The quantitative estimate of drug-likeness (QED) is 0.940. The third-order valence-electron chi connectivity index (χ3n) is 3.18. The van der Waals surface area contributed by atoms with Gasteiger partial charge in [0.25, 0.3) is 0 Å². The number of carbonyl (C=O) groups is 1. The molecule has 1 heterocycles. The zero-order valence-corrected chi connectivity index (χ0v) is 13.9. The van der Waals surface area contributed by atoms with E-state index in [-0.39, 0.29) is 5.82 Å². The molecule has 1 aromatic heterocycles. The standard InChI is InChI=1S/C17H22FN3O2/c1-12-9-13(18)5-6-15(12)21-11-19-10-14(21)7-8-20-16(22)23-17(2,3)4/h5-6,9-11H,7-8H2,1-4H3,(H,20,22). The van der Waals surface area contributed by atoms with E-state index < -0.39 is 11.7 Å². The summed E-state index contributed by atoms with van der Waals surface area (Å²) in [6.07, 6.45) is 3.57. The molecule has 0 atom stereocenters. The maximum absolute atomic E-state index is 13.2. The highest BCUT2D eigenvalue weighted by molar-refractivity contribution is 5.67. The molecule has 1 aromatic carbocycles. The summed E-state index contributed by atoms with van der Waals surface area (Å²) < 4.78 is 20.3. The number of amides is 1. The van der Waals surface area contributed by atoms with E-state index in [9.17, 15) is 9.18 Å². The van der Waals surface area contributed by atoms with E-state index in [1.807, 2.05) is 32.3 Å². The second kappa shape index (κ2) is 6.81. The molecular formula is C17H22FN3O2. The molecule has 6 heteroatoms. The predicted octanol–water partition coefficient (Wildman–Crippen LogP) is 3.39. The van der Waals surface area contributed by atoms with Crippen molar-refractivity contribution in [3.05, 3.63) is 47.8 Å². The van der Waals surface area contributed by atoms with Crippen LogP contribution in [0.3, 0.4) is 0 Å². The van der Waals surface area contributed by atoms with Crippen LogP contribution in [-0.2, 0) is 11.2 Å². The lowest BCUT2D eigenvalue weighted by atomic mass is 10.2. The fourth-order valence-corrected chi connectivity index (χ4v) is 2.22. The SMILES string of the molecule is Cc1cc(F)ccc1-n1cncc1CCNC(=O)OC(C)(C)C. The van der Waals surface area contributed by atoms with Crippen molar-refractivity contribution in [3.63, 3.8) is 0 Å². The van der Waals surface area contributed by atoms with Gasteiger partial charge in [0.1, 0.15) is 11.4 Å². The summed E-state index contributed by atoms with van der Waals surface area (Å²) in [5.74, 6) is -0.264. The number of nitrogens with one attached hydrogen (secondary N) is 1. The molecule has 0 bridgehead atoms. The number of ether oxygens (including phenoxy) is 1. The van der Waals surface area contributed by atoms with Crippen molar-refractivity contribution >= 4 is 6.09 Å². The van der Waals surface area contributed by atoms with Gasteiger partial charge >= 0.3 is 6.09 Å². The molecule has 0 spiro atoms. The lowest BCUT2D eigenvalue weighted by molar-refractivity contribution is 0.0528. The van der Waals surface area contributed by atoms with Crippen molar-refractivity contribution in [2.45, 2.75) is 39.7 Å². The monoisotopic (exact) mass is 319 g/mol. The molecule has 0 aliphatic heterocycles. The van der Waals surface area contributed by atoms with E-state index in [4.69, 9.17) is 4.74 Å². The molecule has 0 saturated heterocycles. The van der Waals surface area contributed by atoms with E-state index in [0.29, 0.717) is 13.0 Å². The van der Waals surface area contributed by atoms with Crippen LogP contribution in [-0.4, -0.2) is 27.8 Å². The van der Waals surface area contributed by atoms with E-state index in [1.165, 1.54) is 12.1 Å². The number of alkyl carbamates (subject to hydrolysis) is 1. The van der Waals surface area contributed by atoms with Crippen molar-refractivity contribution in [1.29, 1.82) is 0 Å². The maximum Gasteiger partial charge on any atom is 0.407 e. The fourth-order valence-electron chi connectivity index (χ4n) is 2.22. The Morgan fingerprint density at radius 1 is 1.39 bits per heavy atom. The zero-order valence-electron chi connectivity index (χ0n) is 13.9. The first-order chi connectivity index (χ1) is 10.8. The maximum atomic E-state index is 13.2. The van der Waals surface area contributed by atoms with Crippen LogP contribution in [0.4, 0.5) is 9.18 Å². The lowest BCUT2D eigenvalue weighted by Gasteiger charge is -2.19. The number of hydrogen-bond acceptors (Lipinski definition) is 3. The second-order valence-corrected chi connectivity index (χ2v) is 6.36. The topological polar surface area (TPSA) is 56.2 Å². The number of nitrogens with zero attached hydrogens (tertiary/aromatic N) is 2. The van der Waals surface area contributed by atoms with Gasteiger partial charge in [-0.2, -0.15) is 0 Å². The molecule has 2 rings (SSSR count). The number of aromatic nitrogens is 2. The summed E-state index contributed by atoms with van der Waals surface area (Å²) in [5, 5.41) is 2.72. The first kappa shape index (κ1) is 17.0. The number of carbonyl (C=O) groups excluding carboxylic acids is 1. The number of halogens is 1. The van der Waals surface area contributed by atoms with Gasteiger partial charge in [-0.3, -0.25) is 0 Å². The Morgan fingerprint density at radius 2 is 2.13 bits per heavy atom. The Balaban J connectivity index is 2.01. The van der Waals surface area contributed by atoms with Gasteiger partial charge in [-0.25, -0.2) is 14.2 Å². The lowest BCUT2D eigenvalue weighted by Crippen LogP contribution is -2.33. The van der Waals surface area contributed by atoms with Crippen LogP contribution in [0, 0.1) is 12.7 Å². The van der Waals surface area contributed by atoms with E-state index in [1.54, 1.807) is 18.6 Å². The first-order valence-corrected chi connectivity index (χ1v) is 7.51. The van der Waals surface area contributed by atoms with Crippen molar-refractivity contribution in [3.8, 4) is 5.69 Å². The van der Waals surface area contributed by atoms with Crippen LogP contribution < -0.4 is 5.32 Å². The summed E-state index contributed by atoms with van der Waals surface area (Å²) in [6.45, 7) is 7.73. The highest BCUT2D eigenvalue weighted by Gasteiger charge is 2.16. The van der Waals surface area contributed by atoms with Gasteiger partial charge in [-0.1, -0.05) is 0 Å². The molecule has 0 fully saturated rings. The molecule has 23 heavy (non-hydrogen) atoms. The van der Waals surface area contributed by atoms with Crippen molar-refractivity contribution < 1.29 is 13.9 Å². The smallest absolute Gasteiger partial charge is 0.407 e. The molecule has 1 N–H and O–H groups in total. The molecule has 0 radical (unpaired) electrons. The molecule has 0 aliphatic carbocycles. The average molecular weight is 319 g/mol. The number of aryl methyl sites for hydroxylation is 1. The van der Waals surface area contributed by atoms with Crippen LogP contribution in [0.2, 0.25) is 0 Å². The third kappa shape index (κ3) is 4.81. The minimum absolute atomic E-state index is 0.264. The van der Waals surface area contributed by atoms with Crippen molar-refractivity contribution in [2.24, 2.45) is 0 Å². The Kier molecular flexibility index (Phi) is 5.03. The minimum Gasteiger partial charge on any atom is -0.444 e. The van der Waals surface area contributed by atoms with Crippen LogP contribution in [0.1, 0.15) is 32.0 Å². The normalized spacial score (nSPS) is 11.3. The van der Waals surface area contributed by atoms with Gasteiger partial charge in [-0.05, 0) is 51.5 Å². The largest absolute Gasteiger partial charge is 0.444 e. The molecule has 0 aliphatic rings. The zero-order chi connectivity index (χ0) is 17.0. The van der Waals surface area contributed by atoms with Gasteiger partial charge < -0.3 is 14.6 Å². The molecule has 1 amide bonds. The van der Waals surface area contributed by atoms with Gasteiger partial charge in [0.05, 0.1) is 6.33 Å². The highest BCUT2D eigenvalue weighted by Crippen LogP contribution is 2.17. The Hall–Kier alpha value is -2.37. The van der Waals surface area contributed by atoms with Crippen LogP contribution in [0.5, 0.6) is 0 Å². The number of benzene rings is 1. The van der Waals surface area contributed by atoms with Crippen LogP contribution in [0.15, 0.2) is 30.7 Å². The number of hydrogen-bond donors (Lipinski definition) is 1. The minimum atomic E-state index is -0.517. The van der Waals surface area contributed by atoms with Crippen molar-refractivity contribution in [1.82, 2.24) is 14.9 Å². The van der Waals surface area contributed by atoms with E-state index in [2.05, 4.69) is 10.3 Å². The van der Waals surface area contributed by atoms with E-state index in [0.717, 1.165) is 16.9 Å². The van der Waals surface area contributed by atoms with Gasteiger partial charge in [-0.15, -0.1) is 0 Å². The molecule has 0 saturated carbocycles. The Labute approximate surface area is 135 Å². The number of imidazole rings is 1. The summed E-state index contributed by atoms with van der Waals surface area (Å²) in [4.78, 5) is 15.8. The number of rotatable bonds is 4. The first-order valence-electron chi connectivity index (χ1n) is 7.51. The molecule has 5 nitrogen and oxygen atoms in total. The van der Waals surface area contributed by atoms with Gasteiger partial charge in [0.15, 0.2) is 0 Å².